The Balaban J connectivity index is 1.98. The van der Waals surface area contributed by atoms with E-state index in [0.717, 1.165) is 4.90 Å². The monoisotopic (exact) mass is 323 g/mol. The van der Waals surface area contributed by atoms with E-state index in [9.17, 15) is 9.59 Å². The molecule has 1 amide bonds. The van der Waals surface area contributed by atoms with Crippen LogP contribution in [0.3, 0.4) is 0 Å². The number of carbonyl (C=O) groups is 2. The summed E-state index contributed by atoms with van der Waals surface area (Å²) in [6.45, 7) is 3.95. The van der Waals surface area contributed by atoms with Crippen LogP contribution in [0.15, 0.2) is 29.2 Å². The molecular weight excluding hydrogens is 302 g/mol. The van der Waals surface area contributed by atoms with Crippen LogP contribution in [-0.4, -0.2) is 46.8 Å². The molecule has 0 spiro atoms. The second-order valence-corrected chi connectivity index (χ2v) is 6.32. The molecule has 22 heavy (non-hydrogen) atoms. The summed E-state index contributed by atoms with van der Waals surface area (Å²) in [4.78, 5) is 26.3. The van der Waals surface area contributed by atoms with Gasteiger partial charge in [0.15, 0.2) is 6.10 Å². The van der Waals surface area contributed by atoms with Crippen LogP contribution in [0.4, 0.5) is 0 Å². The van der Waals surface area contributed by atoms with E-state index in [1.54, 1.807) is 30.5 Å². The zero-order valence-corrected chi connectivity index (χ0v) is 13.8. The van der Waals surface area contributed by atoms with E-state index >= 15 is 0 Å². The van der Waals surface area contributed by atoms with Crippen molar-refractivity contribution in [1.29, 1.82) is 0 Å². The van der Waals surface area contributed by atoms with Gasteiger partial charge in [-0.15, -0.1) is 11.8 Å². The number of thioether (sulfide) groups is 1. The fraction of sp³-hybridized carbons (Fsp3) is 0.500. The van der Waals surface area contributed by atoms with E-state index in [1.165, 1.54) is 0 Å². The molecule has 1 heterocycles. The van der Waals surface area contributed by atoms with Gasteiger partial charge in [-0.1, -0.05) is 0 Å². The molecule has 1 N–H and O–H groups in total. The predicted molar refractivity (Wildman–Crippen MR) is 85.2 cm³/mol. The maximum absolute atomic E-state index is 12.5. The minimum atomic E-state index is -0.843. The quantitative estimate of drug-likeness (QED) is 0.843. The first-order valence-corrected chi connectivity index (χ1v) is 8.50. The van der Waals surface area contributed by atoms with Crippen molar-refractivity contribution in [2.75, 3.05) is 12.8 Å². The van der Waals surface area contributed by atoms with Crippen LogP contribution < -0.4 is 4.74 Å². The summed E-state index contributed by atoms with van der Waals surface area (Å²) in [5.74, 6) is -0.855. The SMILES string of the molecule is CSc1ccc(OC(C)C(=O)N2CCC(C(=O)O)C2C)cc1. The van der Waals surface area contributed by atoms with Gasteiger partial charge >= 0.3 is 5.97 Å². The Kier molecular flexibility index (Phi) is 5.34. The second-order valence-electron chi connectivity index (χ2n) is 5.44. The highest BCUT2D eigenvalue weighted by Crippen LogP contribution is 2.26. The second kappa shape index (κ2) is 7.05. The molecule has 3 unspecified atom stereocenters. The van der Waals surface area contributed by atoms with Crippen molar-refractivity contribution in [3.63, 3.8) is 0 Å². The number of benzene rings is 1. The van der Waals surface area contributed by atoms with Crippen molar-refractivity contribution in [3.05, 3.63) is 24.3 Å². The third kappa shape index (κ3) is 3.55. The summed E-state index contributed by atoms with van der Waals surface area (Å²) in [7, 11) is 0. The molecule has 1 aromatic carbocycles. The number of likely N-dealkylation sites (tertiary alicyclic amines) is 1. The lowest BCUT2D eigenvalue weighted by Crippen LogP contribution is -2.44. The molecule has 5 nitrogen and oxygen atoms in total. The van der Waals surface area contributed by atoms with Crippen LogP contribution in [0.1, 0.15) is 20.3 Å². The number of carboxylic acids is 1. The molecule has 2 rings (SSSR count). The number of rotatable bonds is 5. The van der Waals surface area contributed by atoms with Crippen molar-refractivity contribution in [3.8, 4) is 5.75 Å². The average Bonchev–Trinajstić information content (AvgIpc) is 2.89. The van der Waals surface area contributed by atoms with Gasteiger partial charge in [0.25, 0.3) is 5.91 Å². The van der Waals surface area contributed by atoms with Gasteiger partial charge in [-0.05, 0) is 50.8 Å². The number of nitrogens with zero attached hydrogens (tertiary/aromatic N) is 1. The van der Waals surface area contributed by atoms with Gasteiger partial charge in [0.1, 0.15) is 5.75 Å². The average molecular weight is 323 g/mol. The van der Waals surface area contributed by atoms with E-state index in [-0.39, 0.29) is 11.9 Å². The van der Waals surface area contributed by atoms with Gasteiger partial charge in [0.05, 0.1) is 5.92 Å². The highest BCUT2D eigenvalue weighted by molar-refractivity contribution is 7.98. The number of aliphatic carboxylic acids is 1. The first-order chi connectivity index (χ1) is 10.4. The van der Waals surface area contributed by atoms with E-state index in [4.69, 9.17) is 9.84 Å². The standard InChI is InChI=1S/C16H21NO4S/c1-10-14(16(19)20)8-9-17(10)15(18)11(2)21-12-4-6-13(22-3)7-5-12/h4-7,10-11,14H,8-9H2,1-3H3,(H,19,20). The minimum absolute atomic E-state index is 0.162. The van der Waals surface area contributed by atoms with Crippen molar-refractivity contribution in [1.82, 2.24) is 4.90 Å². The number of hydrogen-bond acceptors (Lipinski definition) is 4. The summed E-state index contributed by atoms with van der Waals surface area (Å²) < 4.78 is 5.68. The zero-order chi connectivity index (χ0) is 16.3. The number of carboxylic acid groups (broad SMARTS) is 1. The van der Waals surface area contributed by atoms with Gasteiger partial charge in [0, 0.05) is 17.5 Å². The molecule has 0 saturated carbocycles. The van der Waals surface area contributed by atoms with Crippen LogP contribution >= 0.6 is 11.8 Å². The zero-order valence-electron chi connectivity index (χ0n) is 13.0. The summed E-state index contributed by atoms with van der Waals surface area (Å²) in [5, 5.41) is 9.14. The van der Waals surface area contributed by atoms with E-state index in [1.807, 2.05) is 30.5 Å². The Morgan fingerprint density at radius 3 is 2.50 bits per heavy atom. The van der Waals surface area contributed by atoms with Gasteiger partial charge in [-0.25, -0.2) is 0 Å². The smallest absolute Gasteiger partial charge is 0.308 e. The number of ether oxygens (including phenoxy) is 1. The van der Waals surface area contributed by atoms with Crippen molar-refractivity contribution in [2.45, 2.75) is 37.3 Å². The molecule has 0 aromatic heterocycles. The summed E-state index contributed by atoms with van der Waals surface area (Å²) in [6, 6.07) is 7.26. The fourth-order valence-electron chi connectivity index (χ4n) is 2.72. The van der Waals surface area contributed by atoms with Crippen molar-refractivity contribution in [2.24, 2.45) is 5.92 Å². The third-order valence-corrected chi connectivity index (χ3v) is 4.82. The van der Waals surface area contributed by atoms with Crippen LogP contribution in [0, 0.1) is 5.92 Å². The molecule has 120 valence electrons. The van der Waals surface area contributed by atoms with Gasteiger partial charge in [0.2, 0.25) is 0 Å². The minimum Gasteiger partial charge on any atom is -0.481 e. The highest BCUT2D eigenvalue weighted by Gasteiger charge is 2.39. The lowest BCUT2D eigenvalue weighted by atomic mass is 10.0. The van der Waals surface area contributed by atoms with Gasteiger partial charge in [-0.3, -0.25) is 9.59 Å². The molecule has 0 aliphatic carbocycles. The Bertz CT molecular complexity index is 546. The Hall–Kier alpha value is -1.69. The van der Waals surface area contributed by atoms with Crippen LogP contribution in [0.25, 0.3) is 0 Å². The Morgan fingerprint density at radius 1 is 1.36 bits per heavy atom. The maximum atomic E-state index is 12.5. The van der Waals surface area contributed by atoms with Gasteiger partial charge in [-0.2, -0.15) is 0 Å². The maximum Gasteiger partial charge on any atom is 0.308 e. The number of carbonyl (C=O) groups excluding carboxylic acids is 1. The molecular formula is C16H21NO4S. The Labute approximate surface area is 134 Å². The highest BCUT2D eigenvalue weighted by atomic mass is 32.2. The molecule has 1 fully saturated rings. The normalized spacial score (nSPS) is 22.4. The van der Waals surface area contributed by atoms with Crippen LogP contribution in [0.2, 0.25) is 0 Å². The molecule has 1 saturated heterocycles. The van der Waals surface area contributed by atoms with Gasteiger partial charge < -0.3 is 14.7 Å². The molecule has 3 atom stereocenters. The third-order valence-electron chi connectivity index (χ3n) is 4.08. The first-order valence-electron chi connectivity index (χ1n) is 7.28. The molecule has 0 radical (unpaired) electrons. The topological polar surface area (TPSA) is 66.8 Å². The molecule has 1 aromatic rings. The molecule has 1 aliphatic heterocycles. The van der Waals surface area contributed by atoms with Crippen LogP contribution in [0.5, 0.6) is 5.75 Å². The fourth-order valence-corrected chi connectivity index (χ4v) is 3.13. The summed E-state index contributed by atoms with van der Waals surface area (Å²) in [5.41, 5.74) is 0. The van der Waals surface area contributed by atoms with E-state index in [2.05, 4.69) is 0 Å². The van der Waals surface area contributed by atoms with Crippen molar-refractivity contribution < 1.29 is 19.4 Å². The van der Waals surface area contributed by atoms with E-state index < -0.39 is 18.0 Å². The summed E-state index contributed by atoms with van der Waals surface area (Å²) in [6.07, 6.45) is 1.86. The number of amides is 1. The van der Waals surface area contributed by atoms with E-state index in [0.29, 0.717) is 18.7 Å². The Morgan fingerprint density at radius 2 is 2.00 bits per heavy atom. The lowest BCUT2D eigenvalue weighted by Gasteiger charge is -2.26. The van der Waals surface area contributed by atoms with Crippen molar-refractivity contribution >= 4 is 23.6 Å². The first kappa shape index (κ1) is 16.7. The predicted octanol–water partition coefficient (Wildman–Crippen LogP) is 2.50. The van der Waals surface area contributed by atoms with Crippen LogP contribution in [-0.2, 0) is 9.59 Å². The lowest BCUT2D eigenvalue weighted by molar-refractivity contribution is -0.144. The number of hydrogen-bond donors (Lipinski definition) is 1. The summed E-state index contributed by atoms with van der Waals surface area (Å²) >= 11 is 1.64. The molecule has 0 bridgehead atoms. The molecule has 1 aliphatic rings. The molecule has 6 heteroatoms. The largest absolute Gasteiger partial charge is 0.481 e.